The van der Waals surface area contributed by atoms with E-state index in [0.29, 0.717) is 0 Å². The van der Waals surface area contributed by atoms with Gasteiger partial charge in [0.15, 0.2) is 0 Å². The molecule has 0 radical (unpaired) electrons. The van der Waals surface area contributed by atoms with Gasteiger partial charge in [0.25, 0.3) is 5.91 Å². The van der Waals surface area contributed by atoms with Gasteiger partial charge in [0.1, 0.15) is 0 Å². The van der Waals surface area contributed by atoms with Crippen LogP contribution in [0.4, 0.5) is 0 Å². The Balaban J connectivity index is 3.05. The maximum absolute atomic E-state index is 10.8. The average Bonchev–Trinajstić information content (AvgIpc) is 2.03. The molecular formula is C6H7N3O2. The Bertz CT molecular complexity index is 318. The highest BCUT2D eigenvalue weighted by atomic mass is 16.2. The van der Waals surface area contributed by atoms with E-state index in [2.05, 4.69) is 4.98 Å². The monoisotopic (exact) mass is 153 g/mol. The van der Waals surface area contributed by atoms with Crippen molar-refractivity contribution < 1.29 is 4.79 Å². The molecular weight excluding hydrogens is 146 g/mol. The van der Waals surface area contributed by atoms with Crippen molar-refractivity contribution in [2.24, 2.45) is 5.84 Å². The van der Waals surface area contributed by atoms with Crippen molar-refractivity contribution in [3.63, 3.8) is 0 Å². The summed E-state index contributed by atoms with van der Waals surface area (Å²) in [4.78, 5) is 23.8. The minimum atomic E-state index is -0.476. The van der Waals surface area contributed by atoms with Crippen molar-refractivity contribution >= 4 is 5.91 Å². The van der Waals surface area contributed by atoms with Crippen LogP contribution in [0.5, 0.6) is 0 Å². The second kappa shape index (κ2) is 2.98. The fourth-order valence-electron chi connectivity index (χ4n) is 0.669. The molecule has 1 aromatic rings. The summed E-state index contributed by atoms with van der Waals surface area (Å²) in [6.07, 6.45) is 1.38. The zero-order valence-corrected chi connectivity index (χ0v) is 5.63. The zero-order valence-electron chi connectivity index (χ0n) is 5.63. The number of aromatic amines is 1. The molecule has 4 N–H and O–H groups in total. The van der Waals surface area contributed by atoms with Crippen molar-refractivity contribution in [3.8, 4) is 0 Å². The number of hydrazine groups is 1. The topological polar surface area (TPSA) is 88.0 Å². The number of pyridine rings is 1. The highest BCUT2D eigenvalue weighted by Crippen LogP contribution is 1.89. The number of amides is 1. The summed E-state index contributed by atoms with van der Waals surface area (Å²) in [6, 6.07) is 2.63. The van der Waals surface area contributed by atoms with E-state index in [0.717, 1.165) is 0 Å². The van der Waals surface area contributed by atoms with Crippen LogP contribution in [0, 0.1) is 0 Å². The molecule has 5 heteroatoms. The highest BCUT2D eigenvalue weighted by Gasteiger charge is 2.01. The van der Waals surface area contributed by atoms with E-state index in [1.807, 2.05) is 5.43 Å². The van der Waals surface area contributed by atoms with Crippen molar-refractivity contribution in [1.82, 2.24) is 10.4 Å². The van der Waals surface area contributed by atoms with Gasteiger partial charge in [0.05, 0.1) is 0 Å². The first-order valence-corrected chi connectivity index (χ1v) is 2.93. The molecule has 0 aromatic carbocycles. The third kappa shape index (κ3) is 1.65. The highest BCUT2D eigenvalue weighted by molar-refractivity contribution is 5.93. The Labute approximate surface area is 62.2 Å². The number of rotatable bonds is 1. The van der Waals surface area contributed by atoms with Gasteiger partial charge in [-0.2, -0.15) is 0 Å². The number of nitrogens with two attached hydrogens (primary N) is 1. The van der Waals surface area contributed by atoms with E-state index < -0.39 is 5.91 Å². The largest absolute Gasteiger partial charge is 0.329 e. The lowest BCUT2D eigenvalue weighted by atomic mass is 10.2. The molecule has 0 saturated carbocycles. The van der Waals surface area contributed by atoms with Crippen LogP contribution in [-0.4, -0.2) is 10.9 Å². The zero-order chi connectivity index (χ0) is 8.27. The Morgan fingerprint density at radius 3 is 2.91 bits per heavy atom. The van der Waals surface area contributed by atoms with Gasteiger partial charge in [0.2, 0.25) is 5.56 Å². The van der Waals surface area contributed by atoms with Crippen LogP contribution in [0.3, 0.4) is 0 Å². The van der Waals surface area contributed by atoms with Crippen LogP contribution in [-0.2, 0) is 0 Å². The molecule has 0 aliphatic heterocycles. The van der Waals surface area contributed by atoms with Gasteiger partial charge in [-0.15, -0.1) is 0 Å². The molecule has 58 valence electrons. The van der Waals surface area contributed by atoms with Gasteiger partial charge in [-0.3, -0.25) is 15.0 Å². The number of hydrogen-bond donors (Lipinski definition) is 3. The van der Waals surface area contributed by atoms with Crippen LogP contribution in [0.15, 0.2) is 23.1 Å². The van der Waals surface area contributed by atoms with Crippen molar-refractivity contribution in [2.75, 3.05) is 0 Å². The first-order valence-electron chi connectivity index (χ1n) is 2.93. The molecule has 1 rings (SSSR count). The number of carbonyl (C=O) groups excluding carboxylic acids is 1. The number of H-pyrrole nitrogens is 1. The number of carbonyl (C=O) groups is 1. The molecule has 11 heavy (non-hydrogen) atoms. The van der Waals surface area contributed by atoms with Gasteiger partial charge in [0, 0.05) is 17.8 Å². The number of aromatic nitrogens is 1. The Morgan fingerprint density at radius 2 is 2.36 bits per heavy atom. The Morgan fingerprint density at radius 1 is 1.64 bits per heavy atom. The van der Waals surface area contributed by atoms with Gasteiger partial charge >= 0.3 is 0 Å². The fourth-order valence-corrected chi connectivity index (χ4v) is 0.669. The summed E-state index contributed by atoms with van der Waals surface area (Å²) in [5.74, 6) is 4.37. The molecule has 0 atom stereocenters. The maximum Gasteiger partial charge on any atom is 0.265 e. The minimum Gasteiger partial charge on any atom is -0.329 e. The number of hydrogen-bond acceptors (Lipinski definition) is 3. The lowest BCUT2D eigenvalue weighted by molar-refractivity contribution is 0.0953. The van der Waals surface area contributed by atoms with E-state index in [1.165, 1.54) is 18.3 Å². The van der Waals surface area contributed by atoms with Crippen LogP contribution < -0.4 is 16.8 Å². The molecule has 0 aliphatic rings. The summed E-state index contributed by atoms with van der Waals surface area (Å²) in [5.41, 5.74) is 1.84. The SMILES string of the molecule is NNC(=O)c1cc[nH]c(=O)c1. The summed E-state index contributed by atoms with van der Waals surface area (Å²) < 4.78 is 0. The van der Waals surface area contributed by atoms with E-state index in [4.69, 9.17) is 5.84 Å². The smallest absolute Gasteiger partial charge is 0.265 e. The average molecular weight is 153 g/mol. The predicted octanol–water partition coefficient (Wildman–Crippen LogP) is -1.02. The maximum atomic E-state index is 10.8. The van der Waals surface area contributed by atoms with Crippen LogP contribution in [0.2, 0.25) is 0 Å². The molecule has 1 amide bonds. The van der Waals surface area contributed by atoms with E-state index in [-0.39, 0.29) is 11.1 Å². The lowest BCUT2D eigenvalue weighted by Gasteiger charge is -1.95. The summed E-state index contributed by atoms with van der Waals surface area (Å²) in [5, 5.41) is 0. The van der Waals surface area contributed by atoms with E-state index >= 15 is 0 Å². The van der Waals surface area contributed by atoms with Gasteiger partial charge in [-0.1, -0.05) is 0 Å². The van der Waals surface area contributed by atoms with Gasteiger partial charge in [-0.05, 0) is 6.07 Å². The van der Waals surface area contributed by atoms with Crippen LogP contribution in [0.1, 0.15) is 10.4 Å². The summed E-state index contributed by atoms with van der Waals surface area (Å²) in [7, 11) is 0. The molecule has 0 bridgehead atoms. The van der Waals surface area contributed by atoms with Crippen LogP contribution in [0.25, 0.3) is 0 Å². The van der Waals surface area contributed by atoms with Crippen LogP contribution >= 0.6 is 0 Å². The minimum absolute atomic E-state index is 0.247. The second-order valence-corrected chi connectivity index (χ2v) is 1.92. The Hall–Kier alpha value is -1.62. The molecule has 1 aromatic heterocycles. The molecule has 0 spiro atoms. The second-order valence-electron chi connectivity index (χ2n) is 1.92. The number of nitrogens with one attached hydrogen (secondary N) is 2. The quantitative estimate of drug-likeness (QED) is 0.274. The lowest BCUT2D eigenvalue weighted by Crippen LogP contribution is -2.30. The molecule has 0 saturated heterocycles. The molecule has 0 fully saturated rings. The van der Waals surface area contributed by atoms with Crippen molar-refractivity contribution in [2.45, 2.75) is 0 Å². The first-order chi connectivity index (χ1) is 5.24. The Kier molecular flexibility index (Phi) is 2.03. The fraction of sp³-hybridized carbons (Fsp3) is 0. The summed E-state index contributed by atoms with van der Waals surface area (Å²) >= 11 is 0. The van der Waals surface area contributed by atoms with Gasteiger partial charge in [-0.25, -0.2) is 5.84 Å². The van der Waals surface area contributed by atoms with Gasteiger partial charge < -0.3 is 4.98 Å². The van der Waals surface area contributed by atoms with E-state index in [1.54, 1.807) is 0 Å². The van der Waals surface area contributed by atoms with Crippen molar-refractivity contribution in [3.05, 3.63) is 34.2 Å². The molecule has 0 unspecified atom stereocenters. The number of nitrogen functional groups attached to an aromatic ring is 1. The van der Waals surface area contributed by atoms with E-state index in [9.17, 15) is 9.59 Å². The third-order valence-corrected chi connectivity index (χ3v) is 1.17. The predicted molar refractivity (Wildman–Crippen MR) is 38.7 cm³/mol. The van der Waals surface area contributed by atoms with Crippen molar-refractivity contribution in [1.29, 1.82) is 0 Å². The standard InChI is InChI=1S/C6H7N3O2/c7-9-6(11)4-1-2-8-5(10)3-4/h1-3H,7H2,(H,8,10)(H,9,11). The summed E-state index contributed by atoms with van der Waals surface area (Å²) in [6.45, 7) is 0. The normalized spacial score (nSPS) is 9.18. The first kappa shape index (κ1) is 7.49. The molecule has 1 heterocycles. The third-order valence-electron chi connectivity index (χ3n) is 1.17. The molecule has 0 aliphatic carbocycles. The molecule has 5 nitrogen and oxygen atoms in total.